The zero-order chi connectivity index (χ0) is 41.0. The maximum Gasteiger partial charge on any atom is 0.164 e. The molecule has 12 rings (SSSR count). The molecule has 11 aromatic rings. The summed E-state index contributed by atoms with van der Waals surface area (Å²) in [7, 11) is 0. The van der Waals surface area contributed by atoms with Gasteiger partial charge in [0.1, 0.15) is 0 Å². The third-order valence-corrected chi connectivity index (χ3v) is 13.7. The monoisotopic (exact) mass is 807 g/mol. The number of aromatic nitrogens is 3. The summed E-state index contributed by atoms with van der Waals surface area (Å²) in [5.74, 6) is 1.89. The average molecular weight is 808 g/mol. The molecule has 0 unspecified atom stereocenters. The third kappa shape index (κ3) is 5.68. The molecule has 2 aromatic heterocycles. The molecule has 62 heavy (non-hydrogen) atoms. The second kappa shape index (κ2) is 14.7. The molecule has 0 amide bonds. The number of rotatable bonds is 7. The normalized spacial score (nSPS) is 12.6. The van der Waals surface area contributed by atoms with Gasteiger partial charge < -0.3 is 0 Å². The third-order valence-electron chi connectivity index (χ3n) is 12.5. The Morgan fingerprint density at radius 1 is 0.306 bits per heavy atom. The van der Waals surface area contributed by atoms with Crippen molar-refractivity contribution in [2.45, 2.75) is 5.41 Å². The number of hydrogen-bond donors (Lipinski definition) is 0. The predicted molar refractivity (Wildman–Crippen MR) is 257 cm³/mol. The zero-order valence-corrected chi connectivity index (χ0v) is 34.4. The van der Waals surface area contributed by atoms with Crippen LogP contribution in [0.25, 0.3) is 87.7 Å². The van der Waals surface area contributed by atoms with E-state index in [2.05, 4.69) is 224 Å². The summed E-state index contributed by atoms with van der Waals surface area (Å²) >= 11 is 1.85. The molecule has 0 radical (unpaired) electrons. The van der Waals surface area contributed by atoms with Crippen molar-refractivity contribution in [3.63, 3.8) is 0 Å². The first kappa shape index (κ1) is 36.1. The van der Waals surface area contributed by atoms with Crippen LogP contribution in [0.1, 0.15) is 22.3 Å². The fraction of sp³-hybridized carbons (Fsp3) is 0.0172. The van der Waals surface area contributed by atoms with Gasteiger partial charge in [0.05, 0.1) is 5.41 Å². The van der Waals surface area contributed by atoms with Crippen molar-refractivity contribution in [1.29, 1.82) is 0 Å². The molecule has 0 atom stereocenters. The molecule has 0 fully saturated rings. The van der Waals surface area contributed by atoms with Crippen LogP contribution in [0.4, 0.5) is 0 Å². The quantitative estimate of drug-likeness (QED) is 0.161. The van der Waals surface area contributed by atoms with Gasteiger partial charge >= 0.3 is 0 Å². The van der Waals surface area contributed by atoms with Gasteiger partial charge in [0.15, 0.2) is 17.5 Å². The van der Waals surface area contributed by atoms with Crippen LogP contribution < -0.4 is 0 Å². The Morgan fingerprint density at radius 3 is 1.53 bits per heavy atom. The minimum absolute atomic E-state index is 0.545. The first-order valence-electron chi connectivity index (χ1n) is 21.0. The van der Waals surface area contributed by atoms with E-state index < -0.39 is 5.41 Å². The van der Waals surface area contributed by atoms with Crippen LogP contribution >= 0.6 is 11.3 Å². The summed E-state index contributed by atoms with van der Waals surface area (Å²) in [5, 5.41) is 2.59. The van der Waals surface area contributed by atoms with E-state index in [1.807, 2.05) is 11.3 Å². The zero-order valence-electron chi connectivity index (χ0n) is 33.6. The summed E-state index contributed by atoms with van der Waals surface area (Å²) in [4.78, 5) is 16.1. The molecule has 1 aliphatic rings. The van der Waals surface area contributed by atoms with Crippen LogP contribution in [-0.4, -0.2) is 15.0 Å². The highest BCUT2D eigenvalue weighted by Crippen LogP contribution is 2.58. The standard InChI is InChI=1S/C58H37N3S/c1-4-18-38(19-5-1)43-24-10-11-26-47(43)56-59-55(40-36-34-39(35-37-40)44-28-16-29-46-45-25-13-15-33-52(45)62-54(44)46)60-57(61-56)49-30-17-32-51-53(49)48-27-12-14-31-50(48)58(51,41-20-6-2-7-21-41)42-22-8-3-9-23-42/h1-37H. The maximum absolute atomic E-state index is 5.43. The van der Waals surface area contributed by atoms with Gasteiger partial charge in [-0.05, 0) is 61.7 Å². The molecule has 0 saturated heterocycles. The fourth-order valence-electron chi connectivity index (χ4n) is 9.75. The van der Waals surface area contributed by atoms with Gasteiger partial charge in [0.25, 0.3) is 0 Å². The van der Waals surface area contributed by atoms with Gasteiger partial charge in [-0.25, -0.2) is 15.0 Å². The van der Waals surface area contributed by atoms with E-state index in [0.29, 0.717) is 17.5 Å². The van der Waals surface area contributed by atoms with Crippen molar-refractivity contribution >= 4 is 31.5 Å². The molecule has 0 spiro atoms. The Balaban J connectivity index is 1.08. The summed E-state index contributed by atoms with van der Waals surface area (Å²) in [6, 6.07) is 80.3. The van der Waals surface area contributed by atoms with Gasteiger partial charge in [-0.2, -0.15) is 0 Å². The van der Waals surface area contributed by atoms with E-state index in [0.717, 1.165) is 38.9 Å². The van der Waals surface area contributed by atoms with Crippen LogP contribution in [0.3, 0.4) is 0 Å². The fourth-order valence-corrected chi connectivity index (χ4v) is 11.0. The second-order valence-corrected chi connectivity index (χ2v) is 16.9. The molecule has 3 nitrogen and oxygen atoms in total. The lowest BCUT2D eigenvalue weighted by Gasteiger charge is -2.33. The number of benzene rings is 9. The molecule has 0 N–H and O–H groups in total. The minimum atomic E-state index is -0.545. The number of nitrogens with zero attached hydrogens (tertiary/aromatic N) is 3. The predicted octanol–water partition coefficient (Wildman–Crippen LogP) is 14.9. The lowest BCUT2D eigenvalue weighted by molar-refractivity contribution is 0.768. The molecule has 290 valence electrons. The molecule has 0 bridgehead atoms. The summed E-state index contributed by atoms with van der Waals surface area (Å²) in [5.41, 5.74) is 14.1. The van der Waals surface area contributed by atoms with Gasteiger partial charge in [-0.15, -0.1) is 11.3 Å². The molecule has 1 aliphatic carbocycles. The van der Waals surface area contributed by atoms with Crippen LogP contribution in [0.2, 0.25) is 0 Å². The van der Waals surface area contributed by atoms with E-state index >= 15 is 0 Å². The van der Waals surface area contributed by atoms with E-state index in [1.165, 1.54) is 53.6 Å². The van der Waals surface area contributed by atoms with Gasteiger partial charge in [-0.1, -0.05) is 218 Å². The summed E-state index contributed by atoms with van der Waals surface area (Å²) in [6.07, 6.45) is 0. The van der Waals surface area contributed by atoms with Gasteiger partial charge in [0, 0.05) is 36.9 Å². The summed E-state index contributed by atoms with van der Waals surface area (Å²) in [6.45, 7) is 0. The molecule has 0 saturated carbocycles. The summed E-state index contributed by atoms with van der Waals surface area (Å²) < 4.78 is 2.59. The van der Waals surface area contributed by atoms with Crippen LogP contribution in [0, 0.1) is 0 Å². The molecule has 4 heteroatoms. The molecule has 2 heterocycles. The van der Waals surface area contributed by atoms with E-state index in [1.54, 1.807) is 0 Å². The van der Waals surface area contributed by atoms with Gasteiger partial charge in [-0.3, -0.25) is 0 Å². The van der Waals surface area contributed by atoms with Crippen molar-refractivity contribution in [2.75, 3.05) is 0 Å². The first-order valence-corrected chi connectivity index (χ1v) is 21.8. The van der Waals surface area contributed by atoms with Crippen LogP contribution in [0.15, 0.2) is 224 Å². The highest BCUT2D eigenvalue weighted by Gasteiger charge is 2.47. The van der Waals surface area contributed by atoms with E-state index in [4.69, 9.17) is 15.0 Å². The molecular formula is C58H37N3S. The highest BCUT2D eigenvalue weighted by molar-refractivity contribution is 7.26. The van der Waals surface area contributed by atoms with Crippen molar-refractivity contribution < 1.29 is 0 Å². The first-order chi connectivity index (χ1) is 30.8. The minimum Gasteiger partial charge on any atom is -0.208 e. The van der Waals surface area contributed by atoms with Crippen molar-refractivity contribution in [3.8, 4) is 67.5 Å². The SMILES string of the molecule is c1ccc(-c2ccccc2-c2nc(-c3ccc(-c4cccc5c4sc4ccccc45)cc3)nc(-c3cccc4c3-c3ccccc3C4(c3ccccc3)c3ccccc3)n2)cc1. The van der Waals surface area contributed by atoms with E-state index in [-0.39, 0.29) is 0 Å². The average Bonchev–Trinajstić information content (AvgIpc) is 3.89. The van der Waals surface area contributed by atoms with Crippen LogP contribution in [0.5, 0.6) is 0 Å². The second-order valence-electron chi connectivity index (χ2n) is 15.8. The number of hydrogen-bond acceptors (Lipinski definition) is 4. The number of thiophene rings is 1. The molecular weight excluding hydrogens is 771 g/mol. The largest absolute Gasteiger partial charge is 0.208 e. The van der Waals surface area contributed by atoms with Crippen molar-refractivity contribution in [2.24, 2.45) is 0 Å². The Kier molecular flexibility index (Phi) is 8.58. The number of fused-ring (bicyclic) bond motifs is 6. The maximum atomic E-state index is 5.43. The van der Waals surface area contributed by atoms with Crippen molar-refractivity contribution in [1.82, 2.24) is 15.0 Å². The molecule has 9 aromatic carbocycles. The van der Waals surface area contributed by atoms with E-state index in [9.17, 15) is 0 Å². The Hall–Kier alpha value is -7.79. The van der Waals surface area contributed by atoms with Crippen molar-refractivity contribution in [3.05, 3.63) is 247 Å². The highest BCUT2D eigenvalue weighted by atomic mass is 32.1. The lowest BCUT2D eigenvalue weighted by Crippen LogP contribution is -2.28. The Bertz CT molecular complexity index is 3410. The Morgan fingerprint density at radius 2 is 0.790 bits per heavy atom. The Labute approximate surface area is 364 Å². The molecule has 0 aliphatic heterocycles. The topological polar surface area (TPSA) is 38.7 Å². The lowest BCUT2D eigenvalue weighted by atomic mass is 9.67. The smallest absolute Gasteiger partial charge is 0.164 e. The van der Waals surface area contributed by atoms with Crippen LogP contribution in [-0.2, 0) is 5.41 Å². The van der Waals surface area contributed by atoms with Gasteiger partial charge in [0.2, 0.25) is 0 Å².